The zero-order chi connectivity index (χ0) is 46.9. The molecule has 0 unspecified atom stereocenters. The Hall–Kier alpha value is -3.60. The summed E-state index contributed by atoms with van der Waals surface area (Å²) in [5, 5.41) is 0. The molecule has 4 aromatic carbocycles. The normalized spacial score (nSPS) is 19.0. The Labute approximate surface area is 383 Å². The average molecular weight is 960 g/mol. The van der Waals surface area contributed by atoms with Gasteiger partial charge in [0.05, 0.1) is 19.6 Å². The molecule has 0 spiro atoms. The zero-order valence-corrected chi connectivity index (χ0v) is 41.4. The number of aryl methyl sites for hydroxylation is 4. The smallest absolute Gasteiger partial charge is 0.243 e. The highest BCUT2D eigenvalue weighted by Gasteiger charge is 2.33. The standard InChI is InChI=1S/C45H65N7O8S4/c1-38-8-16-42(17-9-38)61(53,54)49-30-28-47(6)26-24-46(5)25-27-48(7)29-31-50(62(55,56)43-18-10-39(2)11-19-43)33-35-52(64(59,60)45-22-14-41(4)15-23-45)37-36-51(34-32-49)63(57,58)44-20-12-40(3)13-21-44/h8-23H,24-37H2,1-7H3. The van der Waals surface area contributed by atoms with Crippen LogP contribution in [0.3, 0.4) is 0 Å². The molecule has 352 valence electrons. The fraction of sp³-hybridized carbons (Fsp3) is 0.467. The van der Waals surface area contributed by atoms with Crippen molar-refractivity contribution in [2.24, 2.45) is 0 Å². The lowest BCUT2D eigenvalue weighted by atomic mass is 10.2. The van der Waals surface area contributed by atoms with Crippen LogP contribution in [0.1, 0.15) is 22.3 Å². The van der Waals surface area contributed by atoms with Crippen molar-refractivity contribution >= 4 is 40.1 Å². The molecule has 0 radical (unpaired) electrons. The number of likely N-dealkylation sites (N-methyl/N-ethyl adjacent to an activating group) is 3. The zero-order valence-electron chi connectivity index (χ0n) is 38.2. The molecule has 0 N–H and O–H groups in total. The molecule has 0 amide bonds. The van der Waals surface area contributed by atoms with Gasteiger partial charge in [0.2, 0.25) is 40.1 Å². The van der Waals surface area contributed by atoms with Gasteiger partial charge in [-0.2, -0.15) is 17.2 Å². The van der Waals surface area contributed by atoms with Gasteiger partial charge in [-0.15, -0.1) is 0 Å². The van der Waals surface area contributed by atoms with Crippen LogP contribution < -0.4 is 0 Å². The van der Waals surface area contributed by atoms with Gasteiger partial charge in [0, 0.05) is 91.6 Å². The third-order valence-corrected chi connectivity index (χ3v) is 19.3. The third kappa shape index (κ3) is 13.5. The number of hydrogen-bond acceptors (Lipinski definition) is 11. The van der Waals surface area contributed by atoms with Crippen LogP contribution in [0.15, 0.2) is 117 Å². The lowest BCUT2D eigenvalue weighted by Gasteiger charge is -2.31. The van der Waals surface area contributed by atoms with E-state index >= 15 is 0 Å². The average Bonchev–Trinajstić information content (AvgIpc) is 3.24. The molecular formula is C45H65N7O8S4. The first kappa shape index (κ1) is 51.4. The SMILES string of the molecule is Cc1ccc(S(=O)(=O)N2CCN(C)CCN(C)CCN(C)CCN(S(=O)(=O)c3ccc(C)cc3)CCN(S(=O)(=O)c3ccc(C)cc3)CCN(S(=O)(=O)c3ccc(C)cc3)CC2)cc1. The topological polar surface area (TPSA) is 159 Å². The number of benzene rings is 4. The Bertz CT molecular complexity index is 2400. The van der Waals surface area contributed by atoms with Gasteiger partial charge < -0.3 is 14.7 Å². The van der Waals surface area contributed by atoms with Gasteiger partial charge in [0.15, 0.2) is 0 Å². The second kappa shape index (κ2) is 22.3. The minimum Gasteiger partial charge on any atom is -0.304 e. The van der Waals surface area contributed by atoms with Gasteiger partial charge in [-0.05, 0) is 97.4 Å². The van der Waals surface area contributed by atoms with Crippen molar-refractivity contribution in [3.05, 3.63) is 119 Å². The molecule has 0 atom stereocenters. The molecule has 1 aliphatic heterocycles. The van der Waals surface area contributed by atoms with E-state index < -0.39 is 40.1 Å². The summed E-state index contributed by atoms with van der Waals surface area (Å²) >= 11 is 0. The van der Waals surface area contributed by atoms with Gasteiger partial charge in [-0.25, -0.2) is 33.7 Å². The molecule has 1 saturated heterocycles. The molecule has 0 bridgehead atoms. The molecule has 0 aromatic heterocycles. The minimum atomic E-state index is -4.33. The van der Waals surface area contributed by atoms with Crippen molar-refractivity contribution in [3.8, 4) is 0 Å². The van der Waals surface area contributed by atoms with Crippen LogP contribution in [0.25, 0.3) is 0 Å². The predicted molar refractivity (Wildman–Crippen MR) is 252 cm³/mol. The largest absolute Gasteiger partial charge is 0.304 e. The molecule has 4 aromatic rings. The summed E-state index contributed by atoms with van der Waals surface area (Å²) in [4.78, 5) is 6.29. The third-order valence-electron chi connectivity index (χ3n) is 11.6. The monoisotopic (exact) mass is 959 g/mol. The lowest BCUT2D eigenvalue weighted by molar-refractivity contribution is 0.214. The lowest BCUT2D eigenvalue weighted by Crippen LogP contribution is -2.48. The first-order chi connectivity index (χ1) is 30.1. The van der Waals surface area contributed by atoms with Crippen LogP contribution in [-0.2, 0) is 40.1 Å². The van der Waals surface area contributed by atoms with Gasteiger partial charge >= 0.3 is 0 Å². The number of nitrogens with zero attached hydrogens (tertiary/aromatic N) is 7. The van der Waals surface area contributed by atoms with Crippen molar-refractivity contribution < 1.29 is 33.7 Å². The van der Waals surface area contributed by atoms with Gasteiger partial charge in [-0.3, -0.25) is 0 Å². The fourth-order valence-corrected chi connectivity index (χ4v) is 12.8. The summed E-state index contributed by atoms with van der Waals surface area (Å²) in [7, 11) is -11.1. The van der Waals surface area contributed by atoms with Crippen molar-refractivity contribution in [3.63, 3.8) is 0 Å². The predicted octanol–water partition coefficient (Wildman–Crippen LogP) is 3.79. The van der Waals surface area contributed by atoms with Crippen molar-refractivity contribution in [2.45, 2.75) is 47.3 Å². The maximum Gasteiger partial charge on any atom is 0.243 e. The molecule has 0 aliphatic carbocycles. The summed E-state index contributed by atoms with van der Waals surface area (Å²) in [6.07, 6.45) is 0. The number of sulfonamides is 4. The van der Waals surface area contributed by atoms with Crippen LogP contribution in [0, 0.1) is 27.7 Å². The summed E-state index contributed by atoms with van der Waals surface area (Å²) in [5.41, 5.74) is 3.43. The molecule has 1 heterocycles. The van der Waals surface area contributed by atoms with Gasteiger partial charge in [0.1, 0.15) is 0 Å². The fourth-order valence-electron chi connectivity index (χ4n) is 7.10. The molecule has 5 rings (SSSR count). The summed E-state index contributed by atoms with van der Waals surface area (Å²) in [6, 6.07) is 25.6. The number of rotatable bonds is 8. The maximum atomic E-state index is 14.6. The Morgan fingerprint density at radius 1 is 0.266 bits per heavy atom. The van der Waals surface area contributed by atoms with E-state index in [1.165, 1.54) is 57.1 Å². The molecule has 1 aliphatic rings. The Morgan fingerprint density at radius 2 is 0.406 bits per heavy atom. The Balaban J connectivity index is 1.59. The van der Waals surface area contributed by atoms with E-state index in [2.05, 4.69) is 4.90 Å². The highest BCUT2D eigenvalue weighted by molar-refractivity contribution is 7.90. The van der Waals surface area contributed by atoms with E-state index in [0.29, 0.717) is 39.3 Å². The van der Waals surface area contributed by atoms with E-state index in [9.17, 15) is 33.7 Å². The van der Waals surface area contributed by atoms with Crippen LogP contribution in [-0.4, -0.2) is 178 Å². The van der Waals surface area contributed by atoms with E-state index in [1.54, 1.807) is 48.5 Å². The summed E-state index contributed by atoms with van der Waals surface area (Å²) in [6.45, 7) is 9.06. The molecule has 0 saturated carbocycles. The highest BCUT2D eigenvalue weighted by atomic mass is 32.2. The van der Waals surface area contributed by atoms with E-state index in [-0.39, 0.29) is 71.9 Å². The second-order valence-electron chi connectivity index (χ2n) is 16.8. The van der Waals surface area contributed by atoms with Crippen molar-refractivity contribution in [1.29, 1.82) is 0 Å². The Kier molecular flexibility index (Phi) is 17.9. The quantitative estimate of drug-likeness (QED) is 0.253. The maximum absolute atomic E-state index is 14.6. The van der Waals surface area contributed by atoms with Crippen molar-refractivity contribution in [1.82, 2.24) is 31.9 Å². The molecule has 15 nitrogen and oxygen atoms in total. The van der Waals surface area contributed by atoms with E-state index in [1.807, 2.05) is 58.6 Å². The van der Waals surface area contributed by atoms with Gasteiger partial charge in [0.25, 0.3) is 0 Å². The van der Waals surface area contributed by atoms with Crippen LogP contribution in [0.4, 0.5) is 0 Å². The van der Waals surface area contributed by atoms with Crippen molar-refractivity contribution in [2.75, 3.05) is 113 Å². The van der Waals surface area contributed by atoms with Crippen LogP contribution >= 0.6 is 0 Å². The molecule has 64 heavy (non-hydrogen) atoms. The van der Waals surface area contributed by atoms with Gasteiger partial charge in [-0.1, -0.05) is 70.8 Å². The Morgan fingerprint density at radius 3 is 0.578 bits per heavy atom. The van der Waals surface area contributed by atoms with E-state index in [4.69, 9.17) is 0 Å². The second-order valence-corrected chi connectivity index (χ2v) is 24.5. The minimum absolute atomic E-state index is 0.0344. The first-order valence-corrected chi connectivity index (χ1v) is 27.2. The molecule has 19 heteroatoms. The summed E-state index contributed by atoms with van der Waals surface area (Å²) < 4.78 is 121. The first-order valence-electron chi connectivity index (χ1n) is 21.4. The number of hydrogen-bond donors (Lipinski definition) is 0. The van der Waals surface area contributed by atoms with E-state index in [0.717, 1.165) is 30.9 Å². The van der Waals surface area contributed by atoms with Crippen LogP contribution in [0.2, 0.25) is 0 Å². The molecule has 1 fully saturated rings. The summed E-state index contributed by atoms with van der Waals surface area (Å²) in [5.74, 6) is 0. The van der Waals surface area contributed by atoms with Crippen LogP contribution in [0.5, 0.6) is 0 Å². The highest BCUT2D eigenvalue weighted by Crippen LogP contribution is 2.23. The molecular weight excluding hydrogens is 895 g/mol.